The van der Waals surface area contributed by atoms with E-state index >= 15 is 0 Å². The summed E-state index contributed by atoms with van der Waals surface area (Å²) in [7, 11) is 0. The monoisotopic (exact) mass is 232 g/mol. The fourth-order valence-corrected chi connectivity index (χ4v) is 2.82. The van der Waals surface area contributed by atoms with E-state index < -0.39 is 0 Å². The van der Waals surface area contributed by atoms with Crippen LogP contribution in [0, 0.1) is 0 Å². The molecule has 1 aromatic heterocycles. The van der Waals surface area contributed by atoms with Gasteiger partial charge in [0.05, 0.1) is 0 Å². The minimum atomic E-state index is 0.153. The van der Waals surface area contributed by atoms with Gasteiger partial charge in [0.25, 0.3) is 0 Å². The van der Waals surface area contributed by atoms with Gasteiger partial charge in [-0.3, -0.25) is 0 Å². The molecule has 0 N–H and O–H groups in total. The van der Waals surface area contributed by atoms with E-state index in [4.69, 9.17) is 0 Å². The predicted octanol–water partition coefficient (Wildman–Crippen LogP) is 4.63. The third-order valence-corrected chi connectivity index (χ3v) is 3.52. The van der Waals surface area contributed by atoms with Gasteiger partial charge in [-0.2, -0.15) is 0 Å². The van der Waals surface area contributed by atoms with E-state index in [9.17, 15) is 0 Å². The van der Waals surface area contributed by atoms with Crippen molar-refractivity contribution in [2.24, 2.45) is 0 Å². The van der Waals surface area contributed by atoms with Crippen LogP contribution in [-0.2, 0) is 5.41 Å². The van der Waals surface area contributed by atoms with Crippen LogP contribution in [0.3, 0.4) is 0 Å². The van der Waals surface area contributed by atoms with Crippen molar-refractivity contribution in [1.29, 1.82) is 0 Å². The van der Waals surface area contributed by atoms with Crippen LogP contribution in [0.25, 0.3) is 21.4 Å². The van der Waals surface area contributed by atoms with Gasteiger partial charge in [-0.25, -0.2) is 0 Å². The predicted molar refractivity (Wildman–Crippen MR) is 81.5 cm³/mol. The first-order valence-electron chi connectivity index (χ1n) is 6.48. The summed E-state index contributed by atoms with van der Waals surface area (Å²) in [5.41, 5.74) is 1.61. The molecular formula is C17H17B. The van der Waals surface area contributed by atoms with E-state index in [1.54, 1.807) is 0 Å². The van der Waals surface area contributed by atoms with Crippen molar-refractivity contribution in [2.45, 2.75) is 26.2 Å². The molecule has 0 amide bonds. The summed E-state index contributed by atoms with van der Waals surface area (Å²) in [6.45, 7) is 9.12. The fraction of sp³-hybridized carbons (Fsp3) is 0.235. The maximum atomic E-state index is 2.29. The Balaban J connectivity index is 2.58. The number of benzene rings is 2. The van der Waals surface area contributed by atoms with Gasteiger partial charge in [0.2, 0.25) is 0 Å². The van der Waals surface area contributed by atoms with Crippen molar-refractivity contribution >= 4 is 28.4 Å². The van der Waals surface area contributed by atoms with E-state index in [2.05, 4.69) is 76.1 Å². The molecule has 0 unspecified atom stereocenters. The molecule has 88 valence electrons. The summed E-state index contributed by atoms with van der Waals surface area (Å²) < 4.78 is 0. The van der Waals surface area contributed by atoms with E-state index in [0.29, 0.717) is 0 Å². The van der Waals surface area contributed by atoms with Crippen LogP contribution in [-0.4, -0.2) is 6.91 Å². The van der Waals surface area contributed by atoms with Crippen molar-refractivity contribution in [1.82, 2.24) is 0 Å². The molecule has 0 saturated carbocycles. The Bertz CT molecular complexity index is 666. The van der Waals surface area contributed by atoms with Crippen molar-refractivity contribution in [2.75, 3.05) is 0 Å². The Kier molecular flexibility index (Phi) is 2.51. The van der Waals surface area contributed by atoms with E-state index in [1.807, 2.05) is 0 Å². The SMILES string of the molecule is CC(C)(C)c1c2bcccc2cc2ccccc12. The molecule has 0 spiro atoms. The van der Waals surface area contributed by atoms with E-state index in [-0.39, 0.29) is 5.41 Å². The van der Waals surface area contributed by atoms with Crippen LogP contribution < -0.4 is 0 Å². The number of fused-ring (bicyclic) bond motifs is 2. The zero-order valence-corrected chi connectivity index (χ0v) is 11.2. The Hall–Kier alpha value is -1.63. The summed E-state index contributed by atoms with van der Waals surface area (Å²) >= 11 is 0. The molecule has 0 saturated heterocycles. The summed E-state index contributed by atoms with van der Waals surface area (Å²) in [6, 6.07) is 15.3. The molecule has 1 heteroatoms. The third-order valence-electron chi connectivity index (χ3n) is 3.52. The first-order valence-corrected chi connectivity index (χ1v) is 6.48. The van der Waals surface area contributed by atoms with Gasteiger partial charge in [-0.15, -0.1) is 0 Å². The van der Waals surface area contributed by atoms with Crippen molar-refractivity contribution < 1.29 is 0 Å². The van der Waals surface area contributed by atoms with Gasteiger partial charge in [-0.1, -0.05) is 0 Å². The number of hydrogen-bond acceptors (Lipinski definition) is 0. The van der Waals surface area contributed by atoms with Gasteiger partial charge in [0.1, 0.15) is 0 Å². The average Bonchev–Trinajstić information content (AvgIpc) is 2.34. The maximum absolute atomic E-state index is 2.29. The Morgan fingerprint density at radius 2 is 1.61 bits per heavy atom. The molecule has 3 rings (SSSR count). The summed E-state index contributed by atoms with van der Waals surface area (Å²) in [5.74, 6) is 2.13. The van der Waals surface area contributed by atoms with Crippen LogP contribution in [0.2, 0.25) is 0 Å². The normalized spacial score (nSPS) is 11.9. The second kappa shape index (κ2) is 3.95. The van der Waals surface area contributed by atoms with E-state index in [0.717, 1.165) is 0 Å². The molecule has 0 aliphatic heterocycles. The first kappa shape index (κ1) is 11.5. The topological polar surface area (TPSA) is 0 Å². The van der Waals surface area contributed by atoms with Crippen LogP contribution in [0.5, 0.6) is 0 Å². The summed E-state index contributed by atoms with van der Waals surface area (Å²) in [4.78, 5) is 0. The zero-order valence-electron chi connectivity index (χ0n) is 11.2. The number of hydrogen-bond donors (Lipinski definition) is 0. The van der Waals surface area contributed by atoms with Gasteiger partial charge in [0.15, 0.2) is 0 Å². The third kappa shape index (κ3) is 1.75. The fourth-order valence-electron chi connectivity index (χ4n) is 2.82. The Morgan fingerprint density at radius 3 is 2.39 bits per heavy atom. The second-order valence-electron chi connectivity index (χ2n) is 5.94. The number of rotatable bonds is 0. The van der Waals surface area contributed by atoms with Gasteiger partial charge in [-0.05, 0) is 0 Å². The quantitative estimate of drug-likeness (QED) is 0.496. The van der Waals surface area contributed by atoms with Crippen LogP contribution in [0.15, 0.2) is 48.4 Å². The molecule has 0 atom stereocenters. The molecule has 2 aromatic carbocycles. The zero-order chi connectivity index (χ0) is 12.8. The molecule has 0 bridgehead atoms. The van der Waals surface area contributed by atoms with Crippen LogP contribution >= 0.6 is 0 Å². The molecule has 0 radical (unpaired) electrons. The molecule has 1 heterocycles. The molecule has 0 nitrogen and oxygen atoms in total. The molecular weight excluding hydrogens is 215 g/mol. The molecule has 0 aliphatic rings. The van der Waals surface area contributed by atoms with Gasteiger partial charge < -0.3 is 0 Å². The first-order chi connectivity index (χ1) is 8.57. The summed E-state index contributed by atoms with van der Waals surface area (Å²) in [5, 5.41) is 5.43. The van der Waals surface area contributed by atoms with Gasteiger partial charge in [0, 0.05) is 0 Å². The molecule has 18 heavy (non-hydrogen) atoms. The van der Waals surface area contributed by atoms with Crippen molar-refractivity contribution in [3.8, 4) is 0 Å². The molecule has 0 fully saturated rings. The van der Waals surface area contributed by atoms with Crippen molar-refractivity contribution in [3.05, 3.63) is 54.0 Å². The van der Waals surface area contributed by atoms with E-state index in [1.165, 1.54) is 27.0 Å². The van der Waals surface area contributed by atoms with Gasteiger partial charge >= 0.3 is 109 Å². The van der Waals surface area contributed by atoms with Crippen LogP contribution in [0.4, 0.5) is 0 Å². The average molecular weight is 232 g/mol. The standard InChI is InChI=1S/C17H17B/c1-17(2,3)15-14-9-5-4-7-12(14)11-13-8-6-10-18-16(13)15/h4-11H,1-3H3. The Morgan fingerprint density at radius 1 is 0.889 bits per heavy atom. The molecule has 3 aromatic rings. The second-order valence-corrected chi connectivity index (χ2v) is 5.94. The minimum absolute atomic E-state index is 0.153. The molecule has 0 aliphatic carbocycles. The summed E-state index contributed by atoms with van der Waals surface area (Å²) in [6.07, 6.45) is 0. The van der Waals surface area contributed by atoms with Crippen LogP contribution in [0.1, 0.15) is 26.3 Å². The Labute approximate surface area is 109 Å². The van der Waals surface area contributed by atoms with Crippen molar-refractivity contribution in [3.63, 3.8) is 0 Å².